The van der Waals surface area contributed by atoms with E-state index in [4.69, 9.17) is 15.2 Å². The highest BCUT2D eigenvalue weighted by Gasteiger charge is 2.31. The summed E-state index contributed by atoms with van der Waals surface area (Å²) in [6.07, 6.45) is 11.0. The summed E-state index contributed by atoms with van der Waals surface area (Å²) < 4.78 is 6.67. The third-order valence-corrected chi connectivity index (χ3v) is 6.10. The molecule has 1 aliphatic rings. The van der Waals surface area contributed by atoms with E-state index < -0.39 is 0 Å². The summed E-state index contributed by atoms with van der Waals surface area (Å²) in [6.45, 7) is 2.51. The number of likely N-dealkylation sites (tertiary alicyclic amines) is 1. The molecule has 35 heavy (non-hydrogen) atoms. The fourth-order valence-corrected chi connectivity index (χ4v) is 4.47. The summed E-state index contributed by atoms with van der Waals surface area (Å²) in [5, 5.41) is 6.37. The molecular formula is C25H25N7O3. The van der Waals surface area contributed by atoms with E-state index in [1.165, 1.54) is 6.26 Å². The highest BCUT2D eigenvalue weighted by molar-refractivity contribution is 6.04. The number of carbonyl (C=O) groups excluding carboxylic acids is 2. The summed E-state index contributed by atoms with van der Waals surface area (Å²) in [7, 11) is 0. The molecule has 10 nitrogen and oxygen atoms in total. The topological polar surface area (TPSA) is 132 Å². The predicted molar refractivity (Wildman–Crippen MR) is 130 cm³/mol. The van der Waals surface area contributed by atoms with Gasteiger partial charge in [0.15, 0.2) is 5.82 Å². The quantitative estimate of drug-likeness (QED) is 0.423. The summed E-state index contributed by atoms with van der Waals surface area (Å²) in [5.74, 6) is 1.10. The van der Waals surface area contributed by atoms with Crippen molar-refractivity contribution in [2.45, 2.75) is 32.2 Å². The normalized spacial score (nSPS) is 16.1. The molecule has 1 aliphatic heterocycles. The van der Waals surface area contributed by atoms with Crippen LogP contribution in [0.3, 0.4) is 0 Å². The largest absolute Gasteiger partial charge is 0.382 e. The zero-order chi connectivity index (χ0) is 24.4. The molecule has 3 N–H and O–H groups in total. The maximum Gasteiger partial charge on any atom is 0.256 e. The predicted octanol–water partition coefficient (Wildman–Crippen LogP) is 3.85. The summed E-state index contributed by atoms with van der Waals surface area (Å²) in [4.78, 5) is 36.4. The van der Waals surface area contributed by atoms with Gasteiger partial charge in [0.05, 0.1) is 6.04 Å². The number of benzene rings is 1. The Kier molecular flexibility index (Phi) is 6.01. The van der Waals surface area contributed by atoms with Crippen molar-refractivity contribution in [3.05, 3.63) is 72.5 Å². The molecule has 0 unspecified atom stereocenters. The second kappa shape index (κ2) is 9.41. The first-order valence-electron chi connectivity index (χ1n) is 11.4. The minimum atomic E-state index is -0.303. The number of imidazole rings is 1. The Morgan fingerprint density at radius 3 is 2.77 bits per heavy atom. The third-order valence-electron chi connectivity index (χ3n) is 6.10. The summed E-state index contributed by atoms with van der Waals surface area (Å²) >= 11 is 0. The molecule has 0 radical (unpaired) electrons. The molecule has 3 aromatic heterocycles. The van der Waals surface area contributed by atoms with Crippen LogP contribution in [0.25, 0.3) is 16.8 Å². The molecule has 5 rings (SSSR count). The van der Waals surface area contributed by atoms with Crippen LogP contribution in [0.5, 0.6) is 0 Å². The van der Waals surface area contributed by atoms with Crippen LogP contribution < -0.4 is 11.1 Å². The van der Waals surface area contributed by atoms with Crippen LogP contribution in [0.4, 0.5) is 11.6 Å². The third kappa shape index (κ3) is 4.25. The van der Waals surface area contributed by atoms with Gasteiger partial charge in [-0.3, -0.25) is 14.0 Å². The number of carbonyl (C=O) groups is 2. The van der Waals surface area contributed by atoms with Crippen molar-refractivity contribution < 1.29 is 14.1 Å². The van der Waals surface area contributed by atoms with E-state index in [9.17, 15) is 9.59 Å². The van der Waals surface area contributed by atoms with E-state index in [1.54, 1.807) is 36.5 Å². The first-order chi connectivity index (χ1) is 17.1. The minimum Gasteiger partial charge on any atom is -0.382 e. The van der Waals surface area contributed by atoms with E-state index in [0.717, 1.165) is 30.7 Å². The van der Waals surface area contributed by atoms with Gasteiger partial charge in [-0.2, -0.15) is 0 Å². The number of nitrogens with zero attached hydrogens (tertiary/aromatic N) is 5. The molecule has 178 valence electrons. The molecule has 0 saturated carbocycles. The highest BCUT2D eigenvalue weighted by Crippen LogP contribution is 2.36. The number of nitrogen functional groups attached to an aromatic ring is 1. The van der Waals surface area contributed by atoms with Gasteiger partial charge in [0.25, 0.3) is 5.91 Å². The van der Waals surface area contributed by atoms with Crippen molar-refractivity contribution in [2.24, 2.45) is 0 Å². The molecule has 0 aliphatic carbocycles. The number of rotatable bonds is 5. The number of hydrogen-bond acceptors (Lipinski definition) is 7. The van der Waals surface area contributed by atoms with Gasteiger partial charge >= 0.3 is 0 Å². The van der Waals surface area contributed by atoms with E-state index in [1.807, 2.05) is 34.6 Å². The van der Waals surface area contributed by atoms with Crippen LogP contribution in [-0.2, 0) is 4.79 Å². The Morgan fingerprint density at radius 1 is 1.20 bits per heavy atom. The van der Waals surface area contributed by atoms with E-state index in [2.05, 4.69) is 15.5 Å². The average molecular weight is 472 g/mol. The Hall–Kier alpha value is -4.47. The molecule has 1 saturated heterocycles. The lowest BCUT2D eigenvalue weighted by atomic mass is 10.0. The van der Waals surface area contributed by atoms with Gasteiger partial charge in [0.1, 0.15) is 29.1 Å². The lowest BCUT2D eigenvalue weighted by Gasteiger charge is -2.34. The molecule has 1 atom stereocenters. The molecule has 0 bridgehead atoms. The Balaban J connectivity index is 1.53. The number of nitrogens with two attached hydrogens (primary N) is 1. The van der Waals surface area contributed by atoms with Gasteiger partial charge in [-0.1, -0.05) is 23.4 Å². The van der Waals surface area contributed by atoms with Crippen molar-refractivity contribution in [2.75, 3.05) is 17.6 Å². The van der Waals surface area contributed by atoms with Crippen molar-refractivity contribution in [3.63, 3.8) is 0 Å². The van der Waals surface area contributed by atoms with Gasteiger partial charge in [0.2, 0.25) is 5.91 Å². The molecule has 2 amide bonds. The molecule has 1 aromatic carbocycles. The number of allylic oxidation sites excluding steroid dienone is 1. The van der Waals surface area contributed by atoms with Crippen molar-refractivity contribution in [3.8, 4) is 11.3 Å². The molecule has 4 aromatic rings. The van der Waals surface area contributed by atoms with Gasteiger partial charge in [-0.05, 0) is 44.4 Å². The van der Waals surface area contributed by atoms with E-state index in [0.29, 0.717) is 35.0 Å². The zero-order valence-corrected chi connectivity index (χ0v) is 19.2. The van der Waals surface area contributed by atoms with Crippen LogP contribution in [0.1, 0.15) is 48.4 Å². The van der Waals surface area contributed by atoms with Gasteiger partial charge in [0, 0.05) is 36.1 Å². The molecule has 1 fully saturated rings. The van der Waals surface area contributed by atoms with Crippen molar-refractivity contribution in [1.29, 1.82) is 0 Å². The van der Waals surface area contributed by atoms with Gasteiger partial charge < -0.3 is 20.5 Å². The summed E-state index contributed by atoms with van der Waals surface area (Å²) in [6, 6.07) is 8.45. The number of aromatic nitrogens is 4. The minimum absolute atomic E-state index is 0.0278. The van der Waals surface area contributed by atoms with E-state index in [-0.39, 0.29) is 17.9 Å². The van der Waals surface area contributed by atoms with Crippen LogP contribution >= 0.6 is 0 Å². The fourth-order valence-electron chi connectivity index (χ4n) is 4.47. The van der Waals surface area contributed by atoms with Crippen molar-refractivity contribution >= 4 is 29.0 Å². The molecule has 0 spiro atoms. The smallest absolute Gasteiger partial charge is 0.256 e. The number of nitrogens with one attached hydrogen (secondary N) is 1. The standard InChI is InChI=1S/C25H25N7O3/c1-2-5-20(33)31-13-4-3-6-18(31)24-29-21(22-23(26)27-12-14-32(22)24)16-7-9-17(10-8-16)25(34)28-19-11-15-35-30-19/h2,5,7-12,14-15,18H,3-4,6,13H2,1H3,(H2,26,27)(H,28,30,34)/t18-/m0/s1. The van der Waals surface area contributed by atoms with Gasteiger partial charge in [-0.15, -0.1) is 0 Å². The van der Waals surface area contributed by atoms with Crippen LogP contribution in [0, 0.1) is 0 Å². The second-order valence-electron chi connectivity index (χ2n) is 8.31. The maximum absolute atomic E-state index is 12.8. The van der Waals surface area contributed by atoms with Crippen LogP contribution in [0.15, 0.2) is 65.7 Å². The first-order valence-corrected chi connectivity index (χ1v) is 11.4. The molecular weight excluding hydrogens is 446 g/mol. The Morgan fingerprint density at radius 2 is 2.03 bits per heavy atom. The second-order valence-corrected chi connectivity index (χ2v) is 8.31. The number of amides is 2. The van der Waals surface area contributed by atoms with Crippen molar-refractivity contribution in [1.82, 2.24) is 24.4 Å². The molecule has 4 heterocycles. The Labute approximate surface area is 201 Å². The number of anilines is 2. The van der Waals surface area contributed by atoms with Crippen LogP contribution in [0.2, 0.25) is 0 Å². The van der Waals surface area contributed by atoms with Crippen LogP contribution in [-0.4, -0.2) is 42.8 Å². The molecule has 10 heteroatoms. The number of hydrogen-bond donors (Lipinski definition) is 2. The SMILES string of the molecule is CC=CC(=O)N1CCCC[C@H]1c1nc(-c2ccc(C(=O)Nc3ccon3)cc2)c2c(N)nccn12. The monoisotopic (exact) mass is 471 g/mol. The summed E-state index contributed by atoms with van der Waals surface area (Å²) in [5.41, 5.74) is 8.86. The first kappa shape index (κ1) is 22.3. The number of piperidine rings is 1. The number of fused-ring (bicyclic) bond motifs is 1. The Bertz CT molecular complexity index is 1390. The lowest BCUT2D eigenvalue weighted by molar-refractivity contribution is -0.129. The maximum atomic E-state index is 12.8. The zero-order valence-electron chi connectivity index (χ0n) is 19.2. The lowest BCUT2D eigenvalue weighted by Crippen LogP contribution is -2.38. The fraction of sp³-hybridized carbons (Fsp3) is 0.240. The average Bonchev–Trinajstić information content (AvgIpc) is 3.53. The highest BCUT2D eigenvalue weighted by atomic mass is 16.5. The van der Waals surface area contributed by atoms with E-state index >= 15 is 0 Å². The van der Waals surface area contributed by atoms with Gasteiger partial charge in [-0.25, -0.2) is 9.97 Å².